The molecule has 150 valence electrons. The molecule has 1 aromatic carbocycles. The first-order valence-corrected chi connectivity index (χ1v) is 9.59. The zero-order valence-corrected chi connectivity index (χ0v) is 17.6. The third kappa shape index (κ3) is 4.25. The largest absolute Gasteiger partial charge is 0.346 e. The number of para-hydroxylation sites is 2. The van der Waals surface area contributed by atoms with E-state index in [4.69, 9.17) is 4.98 Å². The highest BCUT2D eigenvalue weighted by Crippen LogP contribution is 2.58. The van der Waals surface area contributed by atoms with E-state index in [2.05, 4.69) is 29.5 Å². The van der Waals surface area contributed by atoms with Crippen LogP contribution in [-0.4, -0.2) is 29.0 Å². The van der Waals surface area contributed by atoms with E-state index in [1.807, 2.05) is 24.3 Å². The topological polar surface area (TPSA) is 69.8 Å². The van der Waals surface area contributed by atoms with E-state index in [1.165, 1.54) is 0 Å². The Kier molecular flexibility index (Phi) is 7.17. The summed E-state index contributed by atoms with van der Waals surface area (Å²) < 4.78 is 0. The summed E-state index contributed by atoms with van der Waals surface area (Å²) in [5.74, 6) is 1.62. The zero-order valence-electron chi connectivity index (χ0n) is 16.0. The number of H-pyrrole nitrogens is 1. The van der Waals surface area contributed by atoms with E-state index >= 15 is 0 Å². The zero-order chi connectivity index (χ0) is 17.4. The van der Waals surface area contributed by atoms with E-state index in [0.717, 1.165) is 55.6 Å². The monoisotopic (exact) mass is 412 g/mol. The Labute approximate surface area is 173 Å². The van der Waals surface area contributed by atoms with Crippen molar-refractivity contribution in [2.75, 3.05) is 13.1 Å². The molecule has 1 saturated heterocycles. The molecule has 2 fully saturated rings. The van der Waals surface area contributed by atoms with Crippen molar-refractivity contribution in [1.82, 2.24) is 20.6 Å². The predicted octanol–water partition coefficient (Wildman–Crippen LogP) is 4.00. The van der Waals surface area contributed by atoms with Crippen LogP contribution >= 0.6 is 24.8 Å². The Balaban J connectivity index is 0.00000131. The van der Waals surface area contributed by atoms with Crippen LogP contribution in [0, 0.1) is 17.3 Å². The van der Waals surface area contributed by atoms with Crippen LogP contribution in [0.15, 0.2) is 24.3 Å². The quantitative estimate of drug-likeness (QED) is 0.694. The number of carbonyl (C=O) groups excluding carboxylic acids is 1. The minimum atomic E-state index is -0.0516. The second-order valence-electron chi connectivity index (χ2n) is 7.88. The molecule has 2 aliphatic rings. The maximum atomic E-state index is 12.9. The summed E-state index contributed by atoms with van der Waals surface area (Å²) in [5.41, 5.74) is 2.26. The first-order chi connectivity index (χ1) is 12.1. The van der Waals surface area contributed by atoms with Gasteiger partial charge in [0.1, 0.15) is 5.82 Å². The van der Waals surface area contributed by atoms with Crippen molar-refractivity contribution < 1.29 is 4.79 Å². The Hall–Kier alpha value is -1.30. The summed E-state index contributed by atoms with van der Waals surface area (Å²) >= 11 is 0. The molecule has 3 atom stereocenters. The van der Waals surface area contributed by atoms with Crippen LogP contribution in [0.2, 0.25) is 0 Å². The van der Waals surface area contributed by atoms with Crippen LogP contribution in [0.25, 0.3) is 11.0 Å². The van der Waals surface area contributed by atoms with Gasteiger partial charge in [0, 0.05) is 5.92 Å². The lowest BCUT2D eigenvalue weighted by Crippen LogP contribution is -2.37. The molecule has 4 rings (SSSR count). The highest BCUT2D eigenvalue weighted by atomic mass is 35.5. The maximum Gasteiger partial charge on any atom is 0.224 e. The number of rotatable bonds is 5. The molecule has 0 radical (unpaired) electrons. The Morgan fingerprint density at radius 2 is 2.00 bits per heavy atom. The fourth-order valence-electron chi connectivity index (χ4n) is 4.29. The first-order valence-electron chi connectivity index (χ1n) is 9.59. The summed E-state index contributed by atoms with van der Waals surface area (Å²) in [6, 6.07) is 7.99. The molecular formula is C20H30Cl2N4O. The summed E-state index contributed by atoms with van der Waals surface area (Å²) in [4.78, 5) is 21.1. The van der Waals surface area contributed by atoms with Gasteiger partial charge in [-0.2, -0.15) is 0 Å². The average Bonchev–Trinajstić information content (AvgIpc) is 3.15. The second-order valence-corrected chi connectivity index (χ2v) is 7.88. The second kappa shape index (κ2) is 8.80. The molecule has 0 bridgehead atoms. The van der Waals surface area contributed by atoms with Crippen LogP contribution in [-0.2, 0) is 4.79 Å². The van der Waals surface area contributed by atoms with Crippen LogP contribution < -0.4 is 10.6 Å². The third-order valence-electron chi connectivity index (χ3n) is 6.32. The average molecular weight is 413 g/mol. The molecule has 5 nitrogen and oxygen atoms in total. The number of benzene rings is 1. The minimum absolute atomic E-state index is 0. The molecule has 2 heterocycles. The van der Waals surface area contributed by atoms with Crippen molar-refractivity contribution >= 4 is 41.8 Å². The Morgan fingerprint density at radius 3 is 2.67 bits per heavy atom. The van der Waals surface area contributed by atoms with Crippen LogP contribution in [0.3, 0.4) is 0 Å². The van der Waals surface area contributed by atoms with Crippen molar-refractivity contribution in [3.63, 3.8) is 0 Å². The van der Waals surface area contributed by atoms with E-state index in [-0.39, 0.29) is 48.1 Å². The minimum Gasteiger partial charge on any atom is -0.346 e. The van der Waals surface area contributed by atoms with Gasteiger partial charge in [-0.1, -0.05) is 32.4 Å². The molecule has 1 amide bonds. The van der Waals surface area contributed by atoms with Crippen molar-refractivity contribution in [1.29, 1.82) is 0 Å². The normalized spacial score (nSPS) is 22.4. The van der Waals surface area contributed by atoms with E-state index in [9.17, 15) is 4.79 Å². The number of hydrogen-bond donors (Lipinski definition) is 3. The number of aromatic nitrogens is 2. The lowest BCUT2D eigenvalue weighted by atomic mass is 9.91. The predicted molar refractivity (Wildman–Crippen MR) is 114 cm³/mol. The number of hydrogen-bond acceptors (Lipinski definition) is 3. The van der Waals surface area contributed by atoms with Gasteiger partial charge in [0.15, 0.2) is 0 Å². The number of aromatic amines is 1. The van der Waals surface area contributed by atoms with Crippen molar-refractivity contribution in [2.45, 2.75) is 45.6 Å². The van der Waals surface area contributed by atoms with Gasteiger partial charge >= 0.3 is 0 Å². The first kappa shape index (κ1) is 22.0. The van der Waals surface area contributed by atoms with Gasteiger partial charge in [-0.05, 0) is 55.8 Å². The number of halogens is 2. The van der Waals surface area contributed by atoms with Crippen molar-refractivity contribution in [3.05, 3.63) is 30.1 Å². The highest BCUT2D eigenvalue weighted by Gasteiger charge is 2.57. The number of amides is 1. The van der Waals surface area contributed by atoms with Gasteiger partial charge in [-0.25, -0.2) is 4.98 Å². The molecule has 3 unspecified atom stereocenters. The molecule has 27 heavy (non-hydrogen) atoms. The SMILES string of the molecule is CCC(C)C(NC(=O)C1CC12CCNCC2)c1nc2ccccc2[nH]1.Cl.Cl. The van der Waals surface area contributed by atoms with Gasteiger partial charge in [-0.15, -0.1) is 24.8 Å². The lowest BCUT2D eigenvalue weighted by molar-refractivity contribution is -0.124. The van der Waals surface area contributed by atoms with Gasteiger partial charge in [-0.3, -0.25) is 4.79 Å². The highest BCUT2D eigenvalue weighted by molar-refractivity contribution is 5.85. The van der Waals surface area contributed by atoms with Crippen molar-refractivity contribution in [2.24, 2.45) is 17.3 Å². The van der Waals surface area contributed by atoms with E-state index in [0.29, 0.717) is 5.92 Å². The number of imidazole rings is 1. The molecule has 1 spiro atoms. The molecular weight excluding hydrogens is 383 g/mol. The number of nitrogens with zero attached hydrogens (tertiary/aromatic N) is 1. The van der Waals surface area contributed by atoms with Gasteiger partial charge in [0.2, 0.25) is 5.91 Å². The maximum absolute atomic E-state index is 12.9. The fourth-order valence-corrected chi connectivity index (χ4v) is 4.29. The number of piperidine rings is 1. The summed E-state index contributed by atoms with van der Waals surface area (Å²) in [7, 11) is 0. The smallest absolute Gasteiger partial charge is 0.224 e. The van der Waals surface area contributed by atoms with Crippen molar-refractivity contribution in [3.8, 4) is 0 Å². The fraction of sp³-hybridized carbons (Fsp3) is 0.600. The van der Waals surface area contributed by atoms with Crippen LogP contribution in [0.5, 0.6) is 0 Å². The molecule has 7 heteroatoms. The summed E-state index contributed by atoms with van der Waals surface area (Å²) in [5, 5.41) is 6.73. The molecule has 3 N–H and O–H groups in total. The number of fused-ring (bicyclic) bond motifs is 1. The molecule has 1 aliphatic carbocycles. The third-order valence-corrected chi connectivity index (χ3v) is 6.32. The van der Waals surface area contributed by atoms with Gasteiger partial charge in [0.05, 0.1) is 17.1 Å². The summed E-state index contributed by atoms with van der Waals surface area (Å²) in [6.07, 6.45) is 4.31. The molecule has 1 saturated carbocycles. The Bertz CT molecular complexity index is 739. The number of carbonyl (C=O) groups is 1. The van der Waals surface area contributed by atoms with E-state index in [1.54, 1.807) is 0 Å². The van der Waals surface area contributed by atoms with Crippen LogP contribution in [0.4, 0.5) is 0 Å². The molecule has 1 aliphatic heterocycles. The van der Waals surface area contributed by atoms with E-state index < -0.39 is 0 Å². The molecule has 1 aromatic heterocycles. The number of nitrogens with one attached hydrogen (secondary N) is 3. The van der Waals surface area contributed by atoms with Crippen LogP contribution in [0.1, 0.15) is 51.4 Å². The lowest BCUT2D eigenvalue weighted by Gasteiger charge is -2.25. The standard InChI is InChI=1S/C20H28N4O.2ClH/c1-3-13(2)17(18-22-15-6-4-5-7-16(15)23-18)24-19(25)14-12-20(14)8-10-21-11-9-20;;/h4-7,13-14,17,21H,3,8-12H2,1-2H3,(H,22,23)(H,24,25);2*1H. The van der Waals surface area contributed by atoms with Gasteiger partial charge in [0.25, 0.3) is 0 Å². The molecule has 2 aromatic rings. The van der Waals surface area contributed by atoms with Gasteiger partial charge < -0.3 is 15.6 Å². The Morgan fingerprint density at radius 1 is 1.30 bits per heavy atom. The summed E-state index contributed by atoms with van der Waals surface area (Å²) in [6.45, 7) is 6.44.